The van der Waals surface area contributed by atoms with E-state index in [1.807, 2.05) is 23.1 Å². The van der Waals surface area contributed by atoms with E-state index < -0.39 is 0 Å². The molecule has 3 rings (SSSR count). The quantitative estimate of drug-likeness (QED) is 0.905. The standard InChI is InChI=1S/C17H24N2O2/c1-21-17(8-4-9-17)11-16(20)19-12-13(7-10-18)14-5-2-3-6-15(14)19/h2-3,5-6,13H,4,7-12,18H2,1H3. The average molecular weight is 288 g/mol. The van der Waals surface area contributed by atoms with Gasteiger partial charge in [0, 0.05) is 25.3 Å². The molecule has 1 aromatic rings. The Kier molecular flexibility index (Phi) is 4.00. The second-order valence-electron chi connectivity index (χ2n) is 6.25. The molecule has 2 N–H and O–H groups in total. The molecule has 1 heterocycles. The van der Waals surface area contributed by atoms with Crippen molar-refractivity contribution in [2.45, 2.75) is 43.6 Å². The number of hydrogen-bond acceptors (Lipinski definition) is 3. The van der Waals surface area contributed by atoms with Crippen LogP contribution in [0.3, 0.4) is 0 Å². The van der Waals surface area contributed by atoms with Gasteiger partial charge in [-0.25, -0.2) is 0 Å². The maximum atomic E-state index is 12.7. The largest absolute Gasteiger partial charge is 0.378 e. The molecule has 1 saturated carbocycles. The van der Waals surface area contributed by atoms with E-state index in [1.165, 1.54) is 5.56 Å². The summed E-state index contributed by atoms with van der Waals surface area (Å²) in [6.45, 7) is 1.41. The summed E-state index contributed by atoms with van der Waals surface area (Å²) in [5.41, 5.74) is 7.83. The van der Waals surface area contributed by atoms with Crippen molar-refractivity contribution in [2.75, 3.05) is 25.1 Å². The minimum absolute atomic E-state index is 0.184. The molecule has 21 heavy (non-hydrogen) atoms. The van der Waals surface area contributed by atoms with Crippen LogP contribution in [0.4, 0.5) is 5.69 Å². The molecule has 1 aromatic carbocycles. The van der Waals surface area contributed by atoms with Crippen LogP contribution in [-0.4, -0.2) is 31.7 Å². The van der Waals surface area contributed by atoms with Crippen LogP contribution in [0.2, 0.25) is 0 Å². The van der Waals surface area contributed by atoms with Crippen LogP contribution in [0.15, 0.2) is 24.3 Å². The second kappa shape index (κ2) is 5.78. The first-order valence-corrected chi connectivity index (χ1v) is 7.83. The molecule has 1 fully saturated rings. The molecule has 0 saturated heterocycles. The summed E-state index contributed by atoms with van der Waals surface area (Å²) in [7, 11) is 1.72. The minimum Gasteiger partial charge on any atom is -0.378 e. The van der Waals surface area contributed by atoms with Crippen LogP contribution in [0, 0.1) is 0 Å². The zero-order valence-corrected chi connectivity index (χ0v) is 12.7. The van der Waals surface area contributed by atoms with Crippen LogP contribution in [0.25, 0.3) is 0 Å². The Hall–Kier alpha value is -1.39. The maximum Gasteiger partial charge on any atom is 0.229 e. The number of para-hydroxylation sites is 1. The normalized spacial score (nSPS) is 22.8. The number of ether oxygens (including phenoxy) is 1. The molecular weight excluding hydrogens is 264 g/mol. The van der Waals surface area contributed by atoms with Gasteiger partial charge < -0.3 is 15.4 Å². The van der Waals surface area contributed by atoms with Crippen LogP contribution in [0.5, 0.6) is 0 Å². The fourth-order valence-corrected chi connectivity index (χ4v) is 3.57. The fraction of sp³-hybridized carbons (Fsp3) is 0.588. The number of carbonyl (C=O) groups excluding carboxylic acids is 1. The number of methoxy groups -OCH3 is 1. The van der Waals surface area contributed by atoms with Gasteiger partial charge >= 0.3 is 0 Å². The molecule has 4 heteroatoms. The second-order valence-corrected chi connectivity index (χ2v) is 6.25. The topological polar surface area (TPSA) is 55.6 Å². The van der Waals surface area contributed by atoms with Crippen LogP contribution >= 0.6 is 0 Å². The molecule has 0 spiro atoms. The molecule has 1 aliphatic carbocycles. The number of nitrogens with two attached hydrogens (primary N) is 1. The van der Waals surface area contributed by atoms with Gasteiger partial charge in [-0.15, -0.1) is 0 Å². The summed E-state index contributed by atoms with van der Waals surface area (Å²) in [5.74, 6) is 0.554. The Balaban J connectivity index is 1.78. The Morgan fingerprint density at radius 3 is 2.81 bits per heavy atom. The van der Waals surface area contributed by atoms with Crippen LogP contribution in [0.1, 0.15) is 43.6 Å². The third-order valence-corrected chi connectivity index (χ3v) is 5.06. The van der Waals surface area contributed by atoms with Gasteiger partial charge in [0.1, 0.15) is 0 Å². The molecule has 0 radical (unpaired) electrons. The highest BCUT2D eigenvalue weighted by Gasteiger charge is 2.42. The van der Waals surface area contributed by atoms with E-state index in [4.69, 9.17) is 10.5 Å². The summed E-state index contributed by atoms with van der Waals surface area (Å²) in [6.07, 6.45) is 4.57. The maximum absolute atomic E-state index is 12.7. The van der Waals surface area contributed by atoms with Gasteiger partial charge in [0.15, 0.2) is 0 Å². The van der Waals surface area contributed by atoms with E-state index in [-0.39, 0.29) is 11.5 Å². The number of anilines is 1. The van der Waals surface area contributed by atoms with Crippen LogP contribution < -0.4 is 10.6 Å². The number of hydrogen-bond donors (Lipinski definition) is 1. The van der Waals surface area contributed by atoms with Crippen LogP contribution in [-0.2, 0) is 9.53 Å². The number of rotatable bonds is 5. The first-order valence-electron chi connectivity index (χ1n) is 7.83. The number of fused-ring (bicyclic) bond motifs is 1. The number of benzene rings is 1. The zero-order valence-electron chi connectivity index (χ0n) is 12.7. The van der Waals surface area contributed by atoms with Crippen molar-refractivity contribution in [2.24, 2.45) is 5.73 Å². The zero-order chi connectivity index (χ0) is 14.9. The van der Waals surface area contributed by atoms with Gasteiger partial charge in [0.05, 0.1) is 12.0 Å². The first-order chi connectivity index (χ1) is 10.2. The van der Waals surface area contributed by atoms with E-state index in [0.29, 0.717) is 18.9 Å². The van der Waals surface area contributed by atoms with Gasteiger partial charge in [-0.2, -0.15) is 0 Å². The number of amides is 1. The van der Waals surface area contributed by atoms with E-state index >= 15 is 0 Å². The Labute approximate surface area is 126 Å². The van der Waals surface area contributed by atoms with Crippen molar-refractivity contribution in [1.29, 1.82) is 0 Å². The van der Waals surface area contributed by atoms with Gasteiger partial charge in [-0.05, 0) is 43.9 Å². The van der Waals surface area contributed by atoms with Crippen molar-refractivity contribution >= 4 is 11.6 Å². The fourth-order valence-electron chi connectivity index (χ4n) is 3.57. The van der Waals surface area contributed by atoms with Crippen molar-refractivity contribution in [3.63, 3.8) is 0 Å². The Morgan fingerprint density at radius 1 is 1.43 bits per heavy atom. The molecule has 4 nitrogen and oxygen atoms in total. The molecular formula is C17H24N2O2. The van der Waals surface area contributed by atoms with Crippen molar-refractivity contribution in [3.8, 4) is 0 Å². The van der Waals surface area contributed by atoms with Gasteiger partial charge in [-0.1, -0.05) is 18.2 Å². The van der Waals surface area contributed by atoms with Crippen molar-refractivity contribution < 1.29 is 9.53 Å². The molecule has 1 aliphatic heterocycles. The highest BCUT2D eigenvalue weighted by Crippen LogP contribution is 2.42. The van der Waals surface area contributed by atoms with Gasteiger partial charge in [0.25, 0.3) is 0 Å². The lowest BCUT2D eigenvalue weighted by Crippen LogP contribution is -2.45. The van der Waals surface area contributed by atoms with E-state index in [2.05, 4.69) is 6.07 Å². The van der Waals surface area contributed by atoms with E-state index in [0.717, 1.165) is 37.9 Å². The van der Waals surface area contributed by atoms with E-state index in [1.54, 1.807) is 7.11 Å². The summed E-state index contributed by atoms with van der Waals surface area (Å²) in [5, 5.41) is 0. The highest BCUT2D eigenvalue weighted by atomic mass is 16.5. The predicted octanol–water partition coefficient (Wildman–Crippen LogP) is 2.42. The lowest BCUT2D eigenvalue weighted by Gasteiger charge is -2.40. The molecule has 1 amide bonds. The number of carbonyl (C=O) groups is 1. The predicted molar refractivity (Wildman–Crippen MR) is 83.4 cm³/mol. The highest BCUT2D eigenvalue weighted by molar-refractivity contribution is 5.96. The molecule has 0 bridgehead atoms. The van der Waals surface area contributed by atoms with Gasteiger partial charge in [-0.3, -0.25) is 4.79 Å². The molecule has 1 atom stereocenters. The SMILES string of the molecule is COC1(CC(=O)N2CC(CCN)c3ccccc32)CCC1. The molecule has 0 aromatic heterocycles. The van der Waals surface area contributed by atoms with Gasteiger partial charge in [0.2, 0.25) is 5.91 Å². The third kappa shape index (κ3) is 2.58. The lowest BCUT2D eigenvalue weighted by molar-refractivity contribution is -0.131. The summed E-state index contributed by atoms with van der Waals surface area (Å²) in [4.78, 5) is 14.7. The first kappa shape index (κ1) is 14.5. The summed E-state index contributed by atoms with van der Waals surface area (Å²) >= 11 is 0. The van der Waals surface area contributed by atoms with Crippen molar-refractivity contribution in [1.82, 2.24) is 0 Å². The smallest absolute Gasteiger partial charge is 0.229 e. The average Bonchev–Trinajstić information content (AvgIpc) is 2.83. The Morgan fingerprint density at radius 2 is 2.19 bits per heavy atom. The lowest BCUT2D eigenvalue weighted by atomic mass is 9.77. The summed E-state index contributed by atoms with van der Waals surface area (Å²) in [6, 6.07) is 8.21. The third-order valence-electron chi connectivity index (χ3n) is 5.06. The molecule has 1 unspecified atom stereocenters. The molecule has 114 valence electrons. The minimum atomic E-state index is -0.210. The molecule has 2 aliphatic rings. The number of nitrogens with zero attached hydrogens (tertiary/aromatic N) is 1. The summed E-state index contributed by atoms with van der Waals surface area (Å²) < 4.78 is 5.60. The van der Waals surface area contributed by atoms with Crippen molar-refractivity contribution in [3.05, 3.63) is 29.8 Å². The monoisotopic (exact) mass is 288 g/mol. The Bertz CT molecular complexity index is 520. The van der Waals surface area contributed by atoms with E-state index in [9.17, 15) is 4.79 Å².